The third-order valence-corrected chi connectivity index (χ3v) is 3.64. The van der Waals surface area contributed by atoms with Gasteiger partial charge in [0.15, 0.2) is 13.2 Å². The summed E-state index contributed by atoms with van der Waals surface area (Å²) in [5.74, 6) is -0.0305. The molecule has 0 saturated heterocycles. The molecule has 0 fully saturated rings. The number of esters is 1. The Hall–Kier alpha value is -3.46. The van der Waals surface area contributed by atoms with Crippen LogP contribution in [0.3, 0.4) is 0 Å². The van der Waals surface area contributed by atoms with Crippen molar-refractivity contribution >= 4 is 23.3 Å². The molecule has 0 radical (unpaired) electrons. The smallest absolute Gasteiger partial charge is 0.344 e. The largest absolute Gasteiger partial charge is 0.480 e. The van der Waals surface area contributed by atoms with Crippen molar-refractivity contribution < 1.29 is 23.6 Å². The molecule has 3 aromatic rings. The molecule has 27 heavy (non-hydrogen) atoms. The van der Waals surface area contributed by atoms with Gasteiger partial charge in [-0.3, -0.25) is 10.1 Å². The number of nitro groups is 1. The molecule has 0 aliphatic carbocycles. The fraction of sp³-hybridized carbons (Fsp3) is 0.118. The average Bonchev–Trinajstić information content (AvgIpc) is 3.15. The Morgan fingerprint density at radius 3 is 2.59 bits per heavy atom. The lowest BCUT2D eigenvalue weighted by Gasteiger charge is -2.06. The van der Waals surface area contributed by atoms with Crippen LogP contribution in [0, 0.1) is 10.1 Å². The van der Waals surface area contributed by atoms with Gasteiger partial charge < -0.3 is 13.9 Å². The number of hydrogen-bond donors (Lipinski definition) is 0. The fourth-order valence-electron chi connectivity index (χ4n) is 2.04. The number of non-ortho nitro benzene ring substituents is 1. The van der Waals surface area contributed by atoms with E-state index in [0.717, 1.165) is 0 Å². The van der Waals surface area contributed by atoms with Crippen molar-refractivity contribution in [3.05, 3.63) is 69.6 Å². The number of rotatable bonds is 7. The van der Waals surface area contributed by atoms with E-state index in [9.17, 15) is 14.9 Å². The lowest BCUT2D eigenvalue weighted by atomic mass is 10.2. The van der Waals surface area contributed by atoms with Crippen LogP contribution in [0.25, 0.3) is 11.5 Å². The van der Waals surface area contributed by atoms with Crippen molar-refractivity contribution in [2.24, 2.45) is 0 Å². The Morgan fingerprint density at radius 2 is 1.89 bits per heavy atom. The molecule has 0 spiro atoms. The first kappa shape index (κ1) is 18.3. The number of nitrogens with zero attached hydrogens (tertiary/aromatic N) is 3. The summed E-state index contributed by atoms with van der Waals surface area (Å²) in [5, 5.41) is 18.6. The molecule has 10 heteroatoms. The van der Waals surface area contributed by atoms with E-state index in [0.29, 0.717) is 16.3 Å². The van der Waals surface area contributed by atoms with E-state index < -0.39 is 10.9 Å². The van der Waals surface area contributed by atoms with Crippen molar-refractivity contribution in [1.29, 1.82) is 0 Å². The van der Waals surface area contributed by atoms with Crippen molar-refractivity contribution in [1.82, 2.24) is 10.2 Å². The summed E-state index contributed by atoms with van der Waals surface area (Å²) in [6.45, 7) is -0.558. The van der Waals surface area contributed by atoms with Crippen LogP contribution in [0.5, 0.6) is 5.75 Å². The van der Waals surface area contributed by atoms with Crippen LogP contribution < -0.4 is 4.74 Å². The molecule has 3 rings (SSSR count). The highest BCUT2D eigenvalue weighted by Crippen LogP contribution is 2.23. The molecule has 138 valence electrons. The molecule has 0 aliphatic heterocycles. The van der Waals surface area contributed by atoms with E-state index >= 15 is 0 Å². The quantitative estimate of drug-likeness (QED) is 0.342. The van der Waals surface area contributed by atoms with Crippen molar-refractivity contribution in [3.63, 3.8) is 0 Å². The molecule has 0 saturated carbocycles. The minimum atomic E-state index is -0.634. The van der Waals surface area contributed by atoms with Gasteiger partial charge >= 0.3 is 5.97 Å². The predicted molar refractivity (Wildman–Crippen MR) is 93.1 cm³/mol. The maximum Gasteiger partial charge on any atom is 0.344 e. The van der Waals surface area contributed by atoms with Crippen molar-refractivity contribution in [3.8, 4) is 17.2 Å². The van der Waals surface area contributed by atoms with Gasteiger partial charge in [-0.15, -0.1) is 10.2 Å². The Labute approximate surface area is 157 Å². The zero-order valence-corrected chi connectivity index (χ0v) is 14.5. The number of nitro benzene ring substituents is 1. The van der Waals surface area contributed by atoms with Crippen LogP contribution in [0.15, 0.2) is 52.9 Å². The van der Waals surface area contributed by atoms with E-state index in [4.69, 9.17) is 25.5 Å². The van der Waals surface area contributed by atoms with E-state index in [2.05, 4.69) is 10.2 Å². The van der Waals surface area contributed by atoms with Crippen molar-refractivity contribution in [2.75, 3.05) is 6.61 Å². The first-order chi connectivity index (χ1) is 13.0. The lowest BCUT2D eigenvalue weighted by molar-refractivity contribution is -0.384. The zero-order chi connectivity index (χ0) is 19.2. The van der Waals surface area contributed by atoms with Gasteiger partial charge in [0, 0.05) is 17.7 Å². The number of hydrogen-bond acceptors (Lipinski definition) is 8. The summed E-state index contributed by atoms with van der Waals surface area (Å²) in [7, 11) is 0. The van der Waals surface area contributed by atoms with Crippen LogP contribution >= 0.6 is 11.6 Å². The van der Waals surface area contributed by atoms with Gasteiger partial charge in [0.25, 0.3) is 11.6 Å². The number of halogens is 1. The molecule has 1 aromatic heterocycles. The molecular formula is C17H12ClN3O6. The van der Waals surface area contributed by atoms with E-state index in [1.807, 2.05) is 0 Å². The topological polar surface area (TPSA) is 118 Å². The molecule has 2 aromatic carbocycles. The van der Waals surface area contributed by atoms with Gasteiger partial charge in [-0.05, 0) is 24.3 Å². The standard InChI is InChI=1S/C17H12ClN3O6/c18-13-3-1-2-4-14(13)25-10-16(22)26-9-15-19-20-17(27-15)11-5-7-12(8-6-11)21(23)24/h1-8H,9-10H2. The van der Waals surface area contributed by atoms with Gasteiger partial charge in [-0.25, -0.2) is 4.79 Å². The highest BCUT2D eigenvalue weighted by molar-refractivity contribution is 6.32. The summed E-state index contributed by atoms with van der Waals surface area (Å²) in [5.41, 5.74) is 0.457. The van der Waals surface area contributed by atoms with Crippen LogP contribution in [0.2, 0.25) is 5.02 Å². The van der Waals surface area contributed by atoms with E-state index in [1.54, 1.807) is 24.3 Å². The van der Waals surface area contributed by atoms with Gasteiger partial charge in [-0.2, -0.15) is 0 Å². The molecule has 0 atom stereocenters. The molecular weight excluding hydrogens is 378 g/mol. The minimum absolute atomic E-state index is 0.0501. The number of ether oxygens (including phenoxy) is 2. The highest BCUT2D eigenvalue weighted by atomic mass is 35.5. The molecule has 0 amide bonds. The van der Waals surface area contributed by atoms with Gasteiger partial charge in [0.05, 0.1) is 9.95 Å². The number of para-hydroxylation sites is 1. The number of benzene rings is 2. The van der Waals surface area contributed by atoms with Crippen LogP contribution in [-0.4, -0.2) is 27.7 Å². The SMILES string of the molecule is O=C(COc1ccccc1Cl)OCc1nnc(-c2ccc([N+](=O)[O-])cc2)o1. The monoisotopic (exact) mass is 389 g/mol. The summed E-state index contributed by atoms with van der Waals surface area (Å²) < 4.78 is 15.6. The molecule has 9 nitrogen and oxygen atoms in total. The second kappa shape index (κ2) is 8.28. The van der Waals surface area contributed by atoms with Crippen molar-refractivity contribution in [2.45, 2.75) is 6.61 Å². The summed E-state index contributed by atoms with van der Waals surface area (Å²) in [6.07, 6.45) is 0. The third kappa shape index (κ3) is 4.79. The molecule has 1 heterocycles. The maximum atomic E-state index is 11.7. The Morgan fingerprint density at radius 1 is 1.15 bits per heavy atom. The van der Waals surface area contributed by atoms with Gasteiger partial charge in [0.2, 0.25) is 5.89 Å². The zero-order valence-electron chi connectivity index (χ0n) is 13.7. The minimum Gasteiger partial charge on any atom is -0.480 e. The number of aromatic nitrogens is 2. The Bertz CT molecular complexity index is 957. The van der Waals surface area contributed by atoms with E-state index in [1.165, 1.54) is 24.3 Å². The Balaban J connectivity index is 1.52. The predicted octanol–water partition coefficient (Wildman–Crippen LogP) is 3.42. The van der Waals surface area contributed by atoms with Gasteiger partial charge in [-0.1, -0.05) is 23.7 Å². The summed E-state index contributed by atoms with van der Waals surface area (Å²) in [6, 6.07) is 12.4. The highest BCUT2D eigenvalue weighted by Gasteiger charge is 2.13. The second-order valence-corrected chi connectivity index (χ2v) is 5.59. The molecule has 0 aliphatic rings. The number of carbonyl (C=O) groups excluding carboxylic acids is 1. The fourth-order valence-corrected chi connectivity index (χ4v) is 2.23. The van der Waals surface area contributed by atoms with Crippen LogP contribution in [0.4, 0.5) is 5.69 Å². The average molecular weight is 390 g/mol. The lowest BCUT2D eigenvalue weighted by Crippen LogP contribution is -2.15. The third-order valence-electron chi connectivity index (χ3n) is 3.33. The Kier molecular flexibility index (Phi) is 5.62. The molecule has 0 unspecified atom stereocenters. The molecule has 0 bridgehead atoms. The number of carbonyl (C=O) groups is 1. The second-order valence-electron chi connectivity index (χ2n) is 5.18. The normalized spacial score (nSPS) is 10.4. The first-order valence-corrected chi connectivity index (χ1v) is 8.01. The maximum absolute atomic E-state index is 11.7. The summed E-state index contributed by atoms with van der Waals surface area (Å²) in [4.78, 5) is 21.9. The van der Waals surface area contributed by atoms with E-state index in [-0.39, 0.29) is 30.7 Å². The first-order valence-electron chi connectivity index (χ1n) is 7.63. The van der Waals surface area contributed by atoms with Crippen LogP contribution in [-0.2, 0) is 16.1 Å². The van der Waals surface area contributed by atoms with Gasteiger partial charge in [0.1, 0.15) is 5.75 Å². The van der Waals surface area contributed by atoms with Crippen LogP contribution in [0.1, 0.15) is 5.89 Å². The summed E-state index contributed by atoms with van der Waals surface area (Å²) >= 11 is 5.92. The molecule has 0 N–H and O–H groups in total.